The van der Waals surface area contributed by atoms with E-state index in [1.54, 1.807) is 6.08 Å². The topological polar surface area (TPSA) is 41.8 Å². The van der Waals surface area contributed by atoms with Crippen molar-refractivity contribution in [3.8, 4) is 5.75 Å². The van der Waals surface area contributed by atoms with Crippen LogP contribution in [0.15, 0.2) is 41.6 Å². The first kappa shape index (κ1) is 19.3. The fourth-order valence-corrected chi connectivity index (χ4v) is 2.47. The van der Waals surface area contributed by atoms with Crippen molar-refractivity contribution in [1.82, 2.24) is 0 Å². The Bertz CT molecular complexity index is 562. The van der Waals surface area contributed by atoms with Gasteiger partial charge < -0.3 is 9.94 Å². The molecular formula is C19H26ClNO2. The van der Waals surface area contributed by atoms with Gasteiger partial charge in [0.05, 0.1) is 17.8 Å². The summed E-state index contributed by atoms with van der Waals surface area (Å²) in [5, 5.41) is 12.2. The molecule has 0 aliphatic carbocycles. The van der Waals surface area contributed by atoms with Gasteiger partial charge in [-0.15, -0.1) is 0 Å². The predicted octanol–water partition coefficient (Wildman–Crippen LogP) is 5.96. The minimum absolute atomic E-state index is 0.611. The molecule has 1 aromatic rings. The lowest BCUT2D eigenvalue weighted by Crippen LogP contribution is -1.99. The molecule has 0 heterocycles. The zero-order valence-corrected chi connectivity index (χ0v) is 14.9. The Morgan fingerprint density at radius 3 is 2.74 bits per heavy atom. The molecular weight excluding hydrogens is 310 g/mol. The molecule has 0 unspecified atom stereocenters. The maximum Gasteiger partial charge on any atom is 0.120 e. The summed E-state index contributed by atoms with van der Waals surface area (Å²) >= 11 is 6.36. The van der Waals surface area contributed by atoms with E-state index in [0.29, 0.717) is 11.6 Å². The SMILES string of the molecule is C\C=C/C(=C\C=N\O)c1ccc(OCCCCC(C)C)cc1Cl. The molecule has 0 aliphatic heterocycles. The van der Waals surface area contributed by atoms with E-state index in [1.807, 2.05) is 37.3 Å². The van der Waals surface area contributed by atoms with Gasteiger partial charge in [0.1, 0.15) is 5.75 Å². The molecule has 0 aliphatic rings. The summed E-state index contributed by atoms with van der Waals surface area (Å²) in [7, 11) is 0. The number of ether oxygens (including phenoxy) is 1. The maximum atomic E-state index is 8.57. The lowest BCUT2D eigenvalue weighted by Gasteiger charge is -2.10. The molecule has 0 aromatic heterocycles. The quantitative estimate of drug-likeness (QED) is 0.199. The lowest BCUT2D eigenvalue weighted by atomic mass is 10.0. The normalized spacial score (nSPS) is 12.7. The number of unbranched alkanes of at least 4 members (excludes halogenated alkanes) is 1. The number of hydrogen-bond donors (Lipinski definition) is 1. The second kappa shape index (κ2) is 10.9. The Kier molecular flexibility index (Phi) is 9.15. The molecule has 0 spiro atoms. The zero-order valence-electron chi connectivity index (χ0n) is 14.1. The molecule has 0 radical (unpaired) electrons. The Morgan fingerprint density at radius 1 is 1.35 bits per heavy atom. The molecule has 0 amide bonds. The van der Waals surface area contributed by atoms with E-state index in [4.69, 9.17) is 21.5 Å². The number of nitrogens with zero attached hydrogens (tertiary/aromatic N) is 1. The second-order valence-corrected chi connectivity index (χ2v) is 6.17. The van der Waals surface area contributed by atoms with Gasteiger partial charge in [0.25, 0.3) is 0 Å². The van der Waals surface area contributed by atoms with Gasteiger partial charge in [-0.2, -0.15) is 0 Å². The van der Waals surface area contributed by atoms with Crippen LogP contribution in [0.2, 0.25) is 5.02 Å². The van der Waals surface area contributed by atoms with E-state index in [0.717, 1.165) is 29.2 Å². The highest BCUT2D eigenvalue weighted by Crippen LogP contribution is 2.29. The summed E-state index contributed by atoms with van der Waals surface area (Å²) in [6.45, 7) is 7.09. The van der Waals surface area contributed by atoms with Gasteiger partial charge in [0, 0.05) is 5.56 Å². The van der Waals surface area contributed by atoms with Crippen LogP contribution in [0.5, 0.6) is 5.75 Å². The monoisotopic (exact) mass is 335 g/mol. The molecule has 3 nitrogen and oxygen atoms in total. The molecule has 0 saturated carbocycles. The fourth-order valence-electron chi connectivity index (χ4n) is 2.19. The smallest absolute Gasteiger partial charge is 0.120 e. The third-order valence-corrected chi connectivity index (χ3v) is 3.68. The van der Waals surface area contributed by atoms with Crippen molar-refractivity contribution in [1.29, 1.82) is 0 Å². The first-order valence-electron chi connectivity index (χ1n) is 8.01. The van der Waals surface area contributed by atoms with Gasteiger partial charge in [-0.3, -0.25) is 0 Å². The Balaban J connectivity index is 2.70. The van der Waals surface area contributed by atoms with Gasteiger partial charge in [0.15, 0.2) is 0 Å². The molecule has 1 aromatic carbocycles. The third-order valence-electron chi connectivity index (χ3n) is 3.36. The van der Waals surface area contributed by atoms with Crippen LogP contribution in [0.4, 0.5) is 0 Å². The Labute approximate surface area is 144 Å². The van der Waals surface area contributed by atoms with Crippen molar-refractivity contribution in [2.45, 2.75) is 40.0 Å². The van der Waals surface area contributed by atoms with E-state index >= 15 is 0 Å². The minimum Gasteiger partial charge on any atom is -0.494 e. The third kappa shape index (κ3) is 7.38. The molecule has 23 heavy (non-hydrogen) atoms. The van der Waals surface area contributed by atoms with Crippen LogP contribution in [0.1, 0.15) is 45.6 Å². The number of allylic oxidation sites excluding steroid dienone is 4. The molecule has 0 bridgehead atoms. The highest BCUT2D eigenvalue weighted by Gasteiger charge is 2.06. The molecule has 1 N–H and O–H groups in total. The number of benzene rings is 1. The Hall–Kier alpha value is -1.74. The molecule has 0 fully saturated rings. The zero-order chi connectivity index (χ0) is 17.1. The average Bonchev–Trinajstić information content (AvgIpc) is 2.51. The number of oxime groups is 1. The largest absolute Gasteiger partial charge is 0.494 e. The summed E-state index contributed by atoms with van der Waals surface area (Å²) < 4.78 is 5.76. The van der Waals surface area contributed by atoms with Crippen LogP contribution in [-0.4, -0.2) is 18.0 Å². The van der Waals surface area contributed by atoms with Crippen LogP contribution in [0, 0.1) is 5.92 Å². The van der Waals surface area contributed by atoms with Gasteiger partial charge in [-0.25, -0.2) is 0 Å². The molecule has 1 rings (SSSR count). The van der Waals surface area contributed by atoms with E-state index in [-0.39, 0.29) is 0 Å². The first-order chi connectivity index (χ1) is 11.1. The maximum absolute atomic E-state index is 8.57. The van der Waals surface area contributed by atoms with Gasteiger partial charge >= 0.3 is 0 Å². The summed E-state index contributed by atoms with van der Waals surface area (Å²) in [6, 6.07) is 5.66. The van der Waals surface area contributed by atoms with Crippen LogP contribution >= 0.6 is 11.6 Å². The Morgan fingerprint density at radius 2 is 2.13 bits per heavy atom. The van der Waals surface area contributed by atoms with E-state index in [2.05, 4.69) is 19.0 Å². The van der Waals surface area contributed by atoms with Crippen LogP contribution in [-0.2, 0) is 0 Å². The van der Waals surface area contributed by atoms with Crippen LogP contribution < -0.4 is 4.74 Å². The highest BCUT2D eigenvalue weighted by molar-refractivity contribution is 6.32. The lowest BCUT2D eigenvalue weighted by molar-refractivity contribution is 0.301. The van der Waals surface area contributed by atoms with Gasteiger partial charge in [0.2, 0.25) is 0 Å². The predicted molar refractivity (Wildman–Crippen MR) is 98.7 cm³/mol. The van der Waals surface area contributed by atoms with Gasteiger partial charge in [-0.1, -0.05) is 49.2 Å². The van der Waals surface area contributed by atoms with Crippen molar-refractivity contribution in [3.63, 3.8) is 0 Å². The molecule has 0 atom stereocenters. The van der Waals surface area contributed by atoms with Crippen molar-refractivity contribution < 1.29 is 9.94 Å². The van der Waals surface area contributed by atoms with Crippen molar-refractivity contribution in [2.24, 2.45) is 11.1 Å². The number of hydrogen-bond acceptors (Lipinski definition) is 3. The van der Waals surface area contributed by atoms with Gasteiger partial charge in [-0.05, 0) is 55.5 Å². The average molecular weight is 336 g/mol. The number of halogens is 1. The van der Waals surface area contributed by atoms with Crippen molar-refractivity contribution in [2.75, 3.05) is 6.61 Å². The summed E-state index contributed by atoms with van der Waals surface area (Å²) in [6.07, 6.45) is 10.3. The summed E-state index contributed by atoms with van der Waals surface area (Å²) in [4.78, 5) is 0. The molecule has 126 valence electrons. The van der Waals surface area contributed by atoms with Crippen molar-refractivity contribution >= 4 is 23.4 Å². The van der Waals surface area contributed by atoms with E-state index in [1.165, 1.54) is 19.1 Å². The fraction of sp³-hybridized carbons (Fsp3) is 0.421. The minimum atomic E-state index is 0.611. The number of rotatable bonds is 9. The highest BCUT2D eigenvalue weighted by atomic mass is 35.5. The molecule has 0 saturated heterocycles. The second-order valence-electron chi connectivity index (χ2n) is 5.77. The van der Waals surface area contributed by atoms with E-state index in [9.17, 15) is 0 Å². The van der Waals surface area contributed by atoms with E-state index < -0.39 is 0 Å². The standard InChI is InChI=1S/C19H26ClNO2/c1-4-7-16(11-12-21-22)18-10-9-17(14-19(18)20)23-13-6-5-8-15(2)3/h4,7,9-12,14-15,22H,5-6,8,13H2,1-3H3/b7-4-,16-11+,21-12+. The first-order valence-corrected chi connectivity index (χ1v) is 8.39. The van der Waals surface area contributed by atoms with Crippen LogP contribution in [0.3, 0.4) is 0 Å². The van der Waals surface area contributed by atoms with Crippen LogP contribution in [0.25, 0.3) is 5.57 Å². The summed E-state index contributed by atoms with van der Waals surface area (Å²) in [5.41, 5.74) is 1.75. The van der Waals surface area contributed by atoms with Crippen molar-refractivity contribution in [3.05, 3.63) is 47.0 Å². The molecule has 4 heteroatoms. The summed E-state index contributed by atoms with van der Waals surface area (Å²) in [5.74, 6) is 1.52.